The quantitative estimate of drug-likeness (QED) is 0.683. The Kier molecular flexibility index (Phi) is 4.44. The summed E-state index contributed by atoms with van der Waals surface area (Å²) in [6, 6.07) is 6.30. The van der Waals surface area contributed by atoms with Crippen molar-refractivity contribution in [2.75, 3.05) is 13.2 Å². The van der Waals surface area contributed by atoms with Gasteiger partial charge in [0.05, 0.1) is 11.9 Å². The molecule has 0 fully saturated rings. The lowest BCUT2D eigenvalue weighted by atomic mass is 10.1. The number of halogens is 1. The van der Waals surface area contributed by atoms with Crippen molar-refractivity contribution in [1.82, 2.24) is 15.5 Å². The Bertz CT molecular complexity index is 481. The maximum Gasteiger partial charge on any atom is 0.123 e. The summed E-state index contributed by atoms with van der Waals surface area (Å²) in [7, 11) is 0. The minimum absolute atomic E-state index is 0.184. The molecule has 3 N–H and O–H groups in total. The number of aromatic nitrogens is 2. The average molecular weight is 249 g/mol. The molecule has 4 nitrogen and oxygen atoms in total. The third-order valence-electron chi connectivity index (χ3n) is 2.68. The molecular formula is C13H16FN3O. The van der Waals surface area contributed by atoms with Crippen LogP contribution < -0.4 is 5.32 Å². The zero-order valence-corrected chi connectivity index (χ0v) is 9.99. The third kappa shape index (κ3) is 3.15. The second-order valence-electron chi connectivity index (χ2n) is 4.03. The van der Waals surface area contributed by atoms with Crippen molar-refractivity contribution in [1.29, 1.82) is 0 Å². The van der Waals surface area contributed by atoms with Crippen LogP contribution in [-0.4, -0.2) is 28.5 Å². The highest BCUT2D eigenvalue weighted by atomic mass is 19.1. The van der Waals surface area contributed by atoms with Gasteiger partial charge in [0, 0.05) is 24.3 Å². The maximum absolute atomic E-state index is 12.9. The normalized spacial score (nSPS) is 10.8. The first-order valence-electron chi connectivity index (χ1n) is 5.91. The van der Waals surface area contributed by atoms with Crippen molar-refractivity contribution >= 4 is 0 Å². The summed E-state index contributed by atoms with van der Waals surface area (Å²) in [6.45, 7) is 1.61. The minimum atomic E-state index is -0.249. The fourth-order valence-corrected chi connectivity index (χ4v) is 1.74. The molecule has 0 saturated heterocycles. The molecule has 0 atom stereocenters. The highest BCUT2D eigenvalue weighted by Crippen LogP contribution is 2.21. The van der Waals surface area contributed by atoms with E-state index in [1.807, 2.05) is 0 Å². The van der Waals surface area contributed by atoms with Crippen LogP contribution in [0.4, 0.5) is 4.39 Å². The first-order chi connectivity index (χ1) is 8.81. The monoisotopic (exact) mass is 249 g/mol. The van der Waals surface area contributed by atoms with Gasteiger partial charge < -0.3 is 10.4 Å². The van der Waals surface area contributed by atoms with Crippen LogP contribution in [0.1, 0.15) is 12.0 Å². The molecular weight excluding hydrogens is 233 g/mol. The molecule has 1 heterocycles. The fourth-order valence-electron chi connectivity index (χ4n) is 1.74. The van der Waals surface area contributed by atoms with Gasteiger partial charge in [-0.05, 0) is 37.2 Å². The lowest BCUT2D eigenvalue weighted by molar-refractivity contribution is 0.286. The molecule has 0 radical (unpaired) electrons. The van der Waals surface area contributed by atoms with Crippen molar-refractivity contribution in [2.24, 2.45) is 0 Å². The molecule has 0 aliphatic heterocycles. The Balaban J connectivity index is 2.05. The number of nitrogens with one attached hydrogen (secondary N) is 2. The van der Waals surface area contributed by atoms with E-state index in [1.165, 1.54) is 12.1 Å². The van der Waals surface area contributed by atoms with E-state index in [1.54, 1.807) is 18.3 Å². The first-order valence-corrected chi connectivity index (χ1v) is 5.91. The van der Waals surface area contributed by atoms with Crippen molar-refractivity contribution in [3.63, 3.8) is 0 Å². The summed E-state index contributed by atoms with van der Waals surface area (Å²) >= 11 is 0. The summed E-state index contributed by atoms with van der Waals surface area (Å²) in [5, 5.41) is 18.8. The van der Waals surface area contributed by atoms with Gasteiger partial charge in [-0.2, -0.15) is 5.10 Å². The standard InChI is InChI=1S/C13H16FN3O/c14-12-4-2-10(3-5-12)13-11(9-16-17-13)8-15-6-1-7-18/h2-5,9,15,18H,1,6-8H2,(H,16,17). The number of nitrogens with zero attached hydrogens (tertiary/aromatic N) is 1. The minimum Gasteiger partial charge on any atom is -0.396 e. The van der Waals surface area contributed by atoms with E-state index in [-0.39, 0.29) is 12.4 Å². The molecule has 96 valence electrons. The number of H-pyrrole nitrogens is 1. The topological polar surface area (TPSA) is 60.9 Å². The summed E-state index contributed by atoms with van der Waals surface area (Å²) in [6.07, 6.45) is 2.48. The van der Waals surface area contributed by atoms with Crippen LogP contribution in [0.15, 0.2) is 30.5 Å². The van der Waals surface area contributed by atoms with Crippen LogP contribution in [0.5, 0.6) is 0 Å². The molecule has 0 bridgehead atoms. The van der Waals surface area contributed by atoms with E-state index in [4.69, 9.17) is 5.11 Å². The molecule has 5 heteroatoms. The number of aromatic amines is 1. The predicted molar refractivity (Wildman–Crippen MR) is 67.4 cm³/mol. The molecule has 0 unspecified atom stereocenters. The highest BCUT2D eigenvalue weighted by molar-refractivity contribution is 5.62. The van der Waals surface area contributed by atoms with Crippen molar-refractivity contribution in [2.45, 2.75) is 13.0 Å². The number of hydrogen-bond donors (Lipinski definition) is 3. The molecule has 0 amide bonds. The third-order valence-corrected chi connectivity index (χ3v) is 2.68. The number of benzene rings is 1. The van der Waals surface area contributed by atoms with Gasteiger partial charge in [0.2, 0.25) is 0 Å². The van der Waals surface area contributed by atoms with Gasteiger partial charge >= 0.3 is 0 Å². The second kappa shape index (κ2) is 6.28. The predicted octanol–water partition coefficient (Wildman–Crippen LogP) is 1.69. The van der Waals surface area contributed by atoms with E-state index in [0.29, 0.717) is 6.54 Å². The van der Waals surface area contributed by atoms with Gasteiger partial charge in [-0.15, -0.1) is 0 Å². The van der Waals surface area contributed by atoms with Crippen LogP contribution in [-0.2, 0) is 6.54 Å². The summed E-state index contributed by atoms with van der Waals surface area (Å²) in [5.41, 5.74) is 2.83. The van der Waals surface area contributed by atoms with Crippen molar-refractivity contribution in [3.8, 4) is 11.3 Å². The number of aliphatic hydroxyl groups excluding tert-OH is 1. The Hall–Kier alpha value is -1.72. The number of aliphatic hydroxyl groups is 1. The van der Waals surface area contributed by atoms with Crippen molar-refractivity contribution < 1.29 is 9.50 Å². The maximum atomic E-state index is 12.9. The Morgan fingerprint density at radius 1 is 1.28 bits per heavy atom. The SMILES string of the molecule is OCCCNCc1cn[nH]c1-c1ccc(F)cc1. The lowest BCUT2D eigenvalue weighted by Gasteiger charge is -2.05. The Morgan fingerprint density at radius 2 is 2.06 bits per heavy atom. The number of rotatable bonds is 6. The van der Waals surface area contributed by atoms with Gasteiger partial charge in [0.25, 0.3) is 0 Å². The smallest absolute Gasteiger partial charge is 0.123 e. The van der Waals surface area contributed by atoms with Gasteiger partial charge in [0.1, 0.15) is 5.82 Å². The van der Waals surface area contributed by atoms with E-state index >= 15 is 0 Å². The van der Waals surface area contributed by atoms with Crippen LogP contribution in [0.25, 0.3) is 11.3 Å². The van der Waals surface area contributed by atoms with Crippen molar-refractivity contribution in [3.05, 3.63) is 41.8 Å². The molecule has 0 aliphatic rings. The zero-order chi connectivity index (χ0) is 12.8. The van der Waals surface area contributed by atoms with E-state index in [9.17, 15) is 4.39 Å². The zero-order valence-electron chi connectivity index (χ0n) is 9.99. The molecule has 0 aliphatic carbocycles. The molecule has 18 heavy (non-hydrogen) atoms. The molecule has 1 aromatic heterocycles. The second-order valence-corrected chi connectivity index (χ2v) is 4.03. The lowest BCUT2D eigenvalue weighted by Crippen LogP contribution is -2.15. The van der Waals surface area contributed by atoms with E-state index in [0.717, 1.165) is 29.8 Å². The molecule has 0 spiro atoms. The summed E-state index contributed by atoms with van der Waals surface area (Å²) in [5.74, 6) is -0.249. The molecule has 0 saturated carbocycles. The Labute approximate surface area is 105 Å². The van der Waals surface area contributed by atoms with Gasteiger partial charge in [-0.3, -0.25) is 5.10 Å². The van der Waals surface area contributed by atoms with Gasteiger partial charge in [-0.1, -0.05) is 0 Å². The average Bonchev–Trinajstić information content (AvgIpc) is 2.84. The first kappa shape index (κ1) is 12.7. The fraction of sp³-hybridized carbons (Fsp3) is 0.308. The number of hydrogen-bond acceptors (Lipinski definition) is 3. The van der Waals surface area contributed by atoms with Gasteiger partial charge in [0.15, 0.2) is 0 Å². The van der Waals surface area contributed by atoms with Crippen LogP contribution >= 0.6 is 0 Å². The summed E-state index contributed by atoms with van der Waals surface area (Å²) in [4.78, 5) is 0. The molecule has 2 rings (SSSR count). The van der Waals surface area contributed by atoms with E-state index in [2.05, 4.69) is 15.5 Å². The van der Waals surface area contributed by atoms with Crippen LogP contribution in [0.3, 0.4) is 0 Å². The van der Waals surface area contributed by atoms with Gasteiger partial charge in [-0.25, -0.2) is 4.39 Å². The largest absolute Gasteiger partial charge is 0.396 e. The Morgan fingerprint density at radius 3 is 2.78 bits per heavy atom. The van der Waals surface area contributed by atoms with Crippen LogP contribution in [0, 0.1) is 5.82 Å². The summed E-state index contributed by atoms with van der Waals surface area (Å²) < 4.78 is 12.9. The molecule has 1 aromatic carbocycles. The highest BCUT2D eigenvalue weighted by Gasteiger charge is 2.07. The molecule has 2 aromatic rings. The van der Waals surface area contributed by atoms with E-state index < -0.39 is 0 Å². The van der Waals surface area contributed by atoms with Crippen LogP contribution in [0.2, 0.25) is 0 Å².